The maximum Gasteiger partial charge on any atom is 0.0933 e. The van der Waals surface area contributed by atoms with Gasteiger partial charge in [-0.25, -0.2) is 4.98 Å². The van der Waals surface area contributed by atoms with Gasteiger partial charge in [-0.3, -0.25) is 0 Å². The summed E-state index contributed by atoms with van der Waals surface area (Å²) in [4.78, 5) is 7.55. The first-order chi connectivity index (χ1) is 6.95. The molecule has 0 amide bonds. The molecule has 0 radical (unpaired) electrons. The van der Waals surface area contributed by atoms with Crippen molar-refractivity contribution in [2.45, 2.75) is 6.42 Å². The zero-order valence-corrected chi connectivity index (χ0v) is 7.75. The van der Waals surface area contributed by atoms with Crippen LogP contribution in [0.5, 0.6) is 0 Å². The molecule has 0 atom stereocenters. The summed E-state index contributed by atoms with van der Waals surface area (Å²) in [7, 11) is 0. The molecule has 0 saturated heterocycles. The lowest BCUT2D eigenvalue weighted by Gasteiger charge is -2.05. The summed E-state index contributed by atoms with van der Waals surface area (Å²) in [5.41, 5.74) is 4.69. The van der Waals surface area contributed by atoms with Crippen molar-refractivity contribution in [3.05, 3.63) is 36.3 Å². The predicted molar refractivity (Wildman–Crippen MR) is 56.2 cm³/mol. The molecular formula is C11H11N3. The molecule has 1 aromatic heterocycles. The number of H-pyrrole nitrogens is 1. The van der Waals surface area contributed by atoms with Crippen molar-refractivity contribution < 1.29 is 0 Å². The van der Waals surface area contributed by atoms with Crippen LogP contribution < -0.4 is 5.32 Å². The number of nitrogens with one attached hydrogen (secondary N) is 2. The van der Waals surface area contributed by atoms with Crippen LogP contribution in [0.25, 0.3) is 11.3 Å². The summed E-state index contributed by atoms with van der Waals surface area (Å²) in [5, 5.41) is 3.40. The second-order valence-electron chi connectivity index (χ2n) is 3.45. The Bertz CT molecular complexity index is 459. The quantitative estimate of drug-likeness (QED) is 0.659. The highest BCUT2D eigenvalue weighted by molar-refractivity contribution is 5.77. The van der Waals surface area contributed by atoms with Gasteiger partial charge in [0.15, 0.2) is 0 Å². The third-order valence-corrected chi connectivity index (χ3v) is 2.59. The highest BCUT2D eigenvalue weighted by Crippen LogP contribution is 2.30. The van der Waals surface area contributed by atoms with E-state index in [0.29, 0.717) is 0 Å². The van der Waals surface area contributed by atoms with E-state index < -0.39 is 0 Å². The third kappa shape index (κ3) is 1.02. The summed E-state index contributed by atoms with van der Waals surface area (Å²) in [6, 6.07) is 8.29. The van der Waals surface area contributed by atoms with Crippen molar-refractivity contribution in [2.24, 2.45) is 0 Å². The molecule has 70 valence electrons. The van der Waals surface area contributed by atoms with Crippen LogP contribution in [0.4, 0.5) is 5.69 Å². The van der Waals surface area contributed by atoms with Crippen molar-refractivity contribution in [2.75, 3.05) is 11.9 Å². The van der Waals surface area contributed by atoms with E-state index >= 15 is 0 Å². The lowest BCUT2D eigenvalue weighted by molar-refractivity contribution is 0.990. The Balaban J connectivity index is 2.27. The third-order valence-electron chi connectivity index (χ3n) is 2.59. The SMILES string of the molecule is c1ccc2c(c1)NCCc1[nH]cnc1-2. The molecule has 14 heavy (non-hydrogen) atoms. The van der Waals surface area contributed by atoms with E-state index in [1.54, 1.807) is 6.33 Å². The number of aromatic amines is 1. The standard InChI is InChI=1S/C11H11N3/c1-2-4-9-8(3-1)11-10(5-6-12-9)13-7-14-11/h1-4,7,12H,5-6H2,(H,13,14). The molecule has 0 unspecified atom stereocenters. The minimum absolute atomic E-state index is 0.964. The van der Waals surface area contributed by atoms with Crippen LogP contribution >= 0.6 is 0 Å². The summed E-state index contributed by atoms with van der Waals surface area (Å²) in [5.74, 6) is 0. The maximum absolute atomic E-state index is 4.36. The number of anilines is 1. The zero-order chi connectivity index (χ0) is 9.38. The van der Waals surface area contributed by atoms with E-state index in [4.69, 9.17) is 0 Å². The fourth-order valence-electron chi connectivity index (χ4n) is 1.91. The molecule has 0 fully saturated rings. The molecule has 0 saturated carbocycles. The van der Waals surface area contributed by atoms with Crippen LogP contribution in [-0.2, 0) is 6.42 Å². The van der Waals surface area contributed by atoms with Crippen LogP contribution in [0.1, 0.15) is 5.69 Å². The van der Waals surface area contributed by atoms with E-state index in [0.717, 1.165) is 18.7 Å². The number of benzene rings is 1. The molecule has 3 heteroatoms. The van der Waals surface area contributed by atoms with Gasteiger partial charge in [0, 0.05) is 29.9 Å². The number of nitrogens with zero attached hydrogens (tertiary/aromatic N) is 1. The number of hydrogen-bond donors (Lipinski definition) is 2. The number of aromatic nitrogens is 2. The van der Waals surface area contributed by atoms with Gasteiger partial charge in [-0.1, -0.05) is 18.2 Å². The van der Waals surface area contributed by atoms with Crippen LogP contribution in [0.2, 0.25) is 0 Å². The molecule has 2 heterocycles. The van der Waals surface area contributed by atoms with Gasteiger partial charge in [-0.05, 0) is 6.07 Å². The van der Waals surface area contributed by atoms with Crippen LogP contribution in [0.15, 0.2) is 30.6 Å². The summed E-state index contributed by atoms with van der Waals surface area (Å²) in [6.45, 7) is 0.964. The van der Waals surface area contributed by atoms with Gasteiger partial charge in [-0.15, -0.1) is 0 Å². The lowest BCUT2D eigenvalue weighted by Crippen LogP contribution is -2.02. The summed E-state index contributed by atoms with van der Waals surface area (Å²) in [6.07, 6.45) is 2.77. The molecule has 3 rings (SSSR count). The van der Waals surface area contributed by atoms with Gasteiger partial charge in [0.25, 0.3) is 0 Å². The first-order valence-corrected chi connectivity index (χ1v) is 4.80. The van der Waals surface area contributed by atoms with E-state index in [1.165, 1.54) is 16.9 Å². The molecule has 0 bridgehead atoms. The topological polar surface area (TPSA) is 40.7 Å². The molecular weight excluding hydrogens is 174 g/mol. The minimum Gasteiger partial charge on any atom is -0.384 e. The Morgan fingerprint density at radius 1 is 1.21 bits per heavy atom. The number of rotatable bonds is 0. The van der Waals surface area contributed by atoms with E-state index in [2.05, 4.69) is 27.4 Å². The predicted octanol–water partition coefficient (Wildman–Crippen LogP) is 2.04. The van der Waals surface area contributed by atoms with Crippen molar-refractivity contribution in [1.29, 1.82) is 0 Å². The molecule has 1 aliphatic heterocycles. The highest BCUT2D eigenvalue weighted by Gasteiger charge is 2.14. The molecule has 2 N–H and O–H groups in total. The number of para-hydroxylation sites is 1. The number of hydrogen-bond acceptors (Lipinski definition) is 2. The molecule has 1 aromatic carbocycles. The van der Waals surface area contributed by atoms with Gasteiger partial charge >= 0.3 is 0 Å². The Morgan fingerprint density at radius 2 is 2.14 bits per heavy atom. The van der Waals surface area contributed by atoms with Crippen LogP contribution in [0.3, 0.4) is 0 Å². The molecule has 3 nitrogen and oxygen atoms in total. The highest BCUT2D eigenvalue weighted by atomic mass is 14.9. The summed E-state index contributed by atoms with van der Waals surface area (Å²) < 4.78 is 0. The van der Waals surface area contributed by atoms with Gasteiger partial charge in [-0.2, -0.15) is 0 Å². The zero-order valence-electron chi connectivity index (χ0n) is 7.75. The van der Waals surface area contributed by atoms with Crippen LogP contribution in [0, 0.1) is 0 Å². The average molecular weight is 185 g/mol. The first kappa shape index (κ1) is 7.62. The van der Waals surface area contributed by atoms with E-state index in [1.807, 2.05) is 12.1 Å². The number of fused-ring (bicyclic) bond motifs is 3. The number of imidazole rings is 1. The Hall–Kier alpha value is -1.77. The Morgan fingerprint density at radius 3 is 3.14 bits per heavy atom. The van der Waals surface area contributed by atoms with Gasteiger partial charge < -0.3 is 10.3 Å². The Kier molecular flexibility index (Phi) is 1.56. The second-order valence-corrected chi connectivity index (χ2v) is 3.45. The van der Waals surface area contributed by atoms with Crippen LogP contribution in [-0.4, -0.2) is 16.5 Å². The van der Waals surface area contributed by atoms with E-state index in [-0.39, 0.29) is 0 Å². The van der Waals surface area contributed by atoms with Crippen molar-refractivity contribution in [3.8, 4) is 11.3 Å². The van der Waals surface area contributed by atoms with E-state index in [9.17, 15) is 0 Å². The molecule has 0 spiro atoms. The normalized spacial score (nSPS) is 13.7. The van der Waals surface area contributed by atoms with Gasteiger partial charge in [0.2, 0.25) is 0 Å². The smallest absolute Gasteiger partial charge is 0.0933 e. The summed E-state index contributed by atoms with van der Waals surface area (Å²) >= 11 is 0. The molecule has 0 aliphatic carbocycles. The minimum atomic E-state index is 0.964. The monoisotopic (exact) mass is 185 g/mol. The van der Waals surface area contributed by atoms with Crippen molar-refractivity contribution >= 4 is 5.69 Å². The van der Waals surface area contributed by atoms with Crippen molar-refractivity contribution in [3.63, 3.8) is 0 Å². The Labute approximate surface area is 82.2 Å². The maximum atomic E-state index is 4.36. The molecule has 2 aromatic rings. The van der Waals surface area contributed by atoms with Gasteiger partial charge in [0.1, 0.15) is 0 Å². The molecule has 1 aliphatic rings. The lowest BCUT2D eigenvalue weighted by atomic mass is 10.1. The fraction of sp³-hybridized carbons (Fsp3) is 0.182. The second kappa shape index (κ2) is 2.87. The fourth-order valence-corrected chi connectivity index (χ4v) is 1.91. The average Bonchev–Trinajstić information content (AvgIpc) is 2.61. The van der Waals surface area contributed by atoms with Crippen molar-refractivity contribution in [1.82, 2.24) is 9.97 Å². The van der Waals surface area contributed by atoms with Gasteiger partial charge in [0.05, 0.1) is 12.0 Å². The largest absolute Gasteiger partial charge is 0.384 e. The first-order valence-electron chi connectivity index (χ1n) is 4.80.